The molecule has 6 rings (SSSR count). The lowest BCUT2D eigenvalue weighted by atomic mass is 9.41. The van der Waals surface area contributed by atoms with Crippen molar-refractivity contribution in [1.29, 1.82) is 0 Å². The highest BCUT2D eigenvalue weighted by Crippen LogP contribution is 2.70. The number of ether oxygens (including phenoxy) is 3. The van der Waals surface area contributed by atoms with Gasteiger partial charge in [0.1, 0.15) is 24.9 Å². The highest BCUT2D eigenvalue weighted by molar-refractivity contribution is 5.85. The second-order valence-corrected chi connectivity index (χ2v) is 13.8. The minimum Gasteiger partial charge on any atom is -0.458 e. The van der Waals surface area contributed by atoms with Crippen molar-refractivity contribution in [3.05, 3.63) is 11.6 Å². The van der Waals surface area contributed by atoms with Gasteiger partial charge in [0.05, 0.1) is 29.5 Å². The number of rotatable bonds is 3. The van der Waals surface area contributed by atoms with Crippen LogP contribution in [0.5, 0.6) is 0 Å². The van der Waals surface area contributed by atoms with E-state index in [2.05, 4.69) is 6.92 Å². The molecular weight excluding hydrogens is 508 g/mol. The fraction of sp³-hybridized carbons (Fsp3) is 0.897. The Morgan fingerprint density at radius 2 is 1.67 bits per heavy atom. The third-order valence-corrected chi connectivity index (χ3v) is 12.3. The molecule has 0 aromatic heterocycles. The molecule has 4 saturated carbocycles. The standard InChI is InChI=1S/C29H44O10/c1-14-22(32)23(33)24(34)25(38-14)39-16-11-20(30)27(3)18-4-7-26(2)17(15-10-21(31)37-13-15)6-9-29(26,36)19(18)5-8-28(27,35)12-16/h10,14,16-20,22-25,30,32-36H,4-9,11-13H2,1-3H3. The molecule has 0 aromatic carbocycles. The molecule has 0 spiro atoms. The van der Waals surface area contributed by atoms with Crippen molar-refractivity contribution in [2.75, 3.05) is 6.61 Å². The van der Waals surface area contributed by atoms with Crippen molar-refractivity contribution in [1.82, 2.24) is 0 Å². The van der Waals surface area contributed by atoms with Crippen LogP contribution in [0.4, 0.5) is 0 Å². The number of cyclic esters (lactones) is 1. The summed E-state index contributed by atoms with van der Waals surface area (Å²) < 4.78 is 16.8. The van der Waals surface area contributed by atoms with Gasteiger partial charge in [0, 0.05) is 29.7 Å². The summed E-state index contributed by atoms with van der Waals surface area (Å²) in [7, 11) is 0. The number of esters is 1. The van der Waals surface area contributed by atoms with Gasteiger partial charge in [0.15, 0.2) is 6.29 Å². The molecule has 39 heavy (non-hydrogen) atoms. The summed E-state index contributed by atoms with van der Waals surface area (Å²) in [6.07, 6.45) is -1.71. The van der Waals surface area contributed by atoms with E-state index in [1.807, 2.05) is 6.92 Å². The molecule has 14 atom stereocenters. The minimum atomic E-state index is -1.46. The van der Waals surface area contributed by atoms with E-state index in [-0.39, 0.29) is 43.2 Å². The number of hydrogen-bond donors (Lipinski definition) is 6. The Bertz CT molecular complexity index is 1030. The summed E-state index contributed by atoms with van der Waals surface area (Å²) in [5.41, 5.74) is -2.55. The first-order chi connectivity index (χ1) is 18.2. The van der Waals surface area contributed by atoms with E-state index >= 15 is 0 Å². The maximum absolute atomic E-state index is 12.4. The molecule has 10 heteroatoms. The van der Waals surface area contributed by atoms with E-state index < -0.39 is 64.9 Å². The van der Waals surface area contributed by atoms with E-state index in [9.17, 15) is 35.4 Å². The second-order valence-electron chi connectivity index (χ2n) is 13.8. The van der Waals surface area contributed by atoms with Crippen LogP contribution in [-0.4, -0.2) is 97.3 Å². The summed E-state index contributed by atoms with van der Waals surface area (Å²) in [6.45, 7) is 5.95. The van der Waals surface area contributed by atoms with Gasteiger partial charge >= 0.3 is 5.97 Å². The zero-order valence-corrected chi connectivity index (χ0v) is 23.0. The first-order valence-electron chi connectivity index (χ1n) is 14.6. The predicted octanol–water partition coefficient (Wildman–Crippen LogP) is 0.542. The Balaban J connectivity index is 1.23. The van der Waals surface area contributed by atoms with Gasteiger partial charge in [-0.15, -0.1) is 0 Å². The van der Waals surface area contributed by atoms with Gasteiger partial charge in [-0.3, -0.25) is 0 Å². The molecule has 14 unspecified atom stereocenters. The number of aliphatic hydroxyl groups excluding tert-OH is 4. The summed E-state index contributed by atoms with van der Waals surface area (Å²) in [5.74, 6) is -0.455. The molecule has 0 aromatic rings. The number of hydrogen-bond acceptors (Lipinski definition) is 10. The first kappa shape index (κ1) is 28.0. The predicted molar refractivity (Wildman–Crippen MR) is 136 cm³/mol. The smallest absolute Gasteiger partial charge is 0.331 e. The van der Waals surface area contributed by atoms with Gasteiger partial charge in [0.2, 0.25) is 0 Å². The van der Waals surface area contributed by atoms with Crippen LogP contribution in [0.25, 0.3) is 0 Å². The van der Waals surface area contributed by atoms with Crippen molar-refractivity contribution < 1.29 is 49.6 Å². The average Bonchev–Trinajstić information content (AvgIpc) is 3.42. The van der Waals surface area contributed by atoms with Gasteiger partial charge in [-0.25, -0.2) is 4.79 Å². The lowest BCUT2D eigenvalue weighted by Gasteiger charge is -2.67. The van der Waals surface area contributed by atoms with Gasteiger partial charge in [-0.2, -0.15) is 0 Å². The van der Waals surface area contributed by atoms with Crippen LogP contribution in [0.15, 0.2) is 11.6 Å². The van der Waals surface area contributed by atoms with Crippen LogP contribution >= 0.6 is 0 Å². The maximum atomic E-state index is 12.4. The zero-order chi connectivity index (χ0) is 28.1. The van der Waals surface area contributed by atoms with Crippen LogP contribution in [0.2, 0.25) is 0 Å². The number of aliphatic hydroxyl groups is 6. The molecule has 6 N–H and O–H groups in total. The van der Waals surface area contributed by atoms with Crippen molar-refractivity contribution in [2.24, 2.45) is 28.6 Å². The SMILES string of the molecule is CC1OC(OC2CC(O)C3(C)C4CCC5(C)C(C6=CC(=O)OC6)CCC5(O)C4CCC3(O)C2)C(O)C(O)C1O. The van der Waals surface area contributed by atoms with Crippen LogP contribution in [0.3, 0.4) is 0 Å². The van der Waals surface area contributed by atoms with Crippen molar-refractivity contribution in [3.8, 4) is 0 Å². The van der Waals surface area contributed by atoms with E-state index in [4.69, 9.17) is 14.2 Å². The topological polar surface area (TPSA) is 166 Å². The van der Waals surface area contributed by atoms with Crippen LogP contribution in [0, 0.1) is 28.6 Å². The van der Waals surface area contributed by atoms with E-state index in [0.29, 0.717) is 19.3 Å². The number of carbonyl (C=O) groups excluding carboxylic acids is 1. The van der Waals surface area contributed by atoms with Crippen LogP contribution < -0.4 is 0 Å². The Morgan fingerprint density at radius 3 is 2.36 bits per heavy atom. The molecular formula is C29H44O10. The molecule has 2 heterocycles. The Hall–Kier alpha value is -1.11. The number of carbonyl (C=O) groups is 1. The molecule has 2 aliphatic heterocycles. The number of fused-ring (bicyclic) bond motifs is 5. The van der Waals surface area contributed by atoms with Crippen LogP contribution in [0.1, 0.15) is 72.1 Å². The van der Waals surface area contributed by atoms with Crippen LogP contribution in [-0.2, 0) is 19.0 Å². The van der Waals surface area contributed by atoms with Gasteiger partial charge < -0.3 is 44.8 Å². The minimum absolute atomic E-state index is 0.0655. The van der Waals surface area contributed by atoms with Gasteiger partial charge in [-0.1, -0.05) is 13.8 Å². The Labute approximate surface area is 229 Å². The zero-order valence-electron chi connectivity index (χ0n) is 23.0. The normalized spacial score (nSPS) is 57.3. The Morgan fingerprint density at radius 1 is 0.949 bits per heavy atom. The molecule has 10 nitrogen and oxygen atoms in total. The molecule has 5 fully saturated rings. The third-order valence-electron chi connectivity index (χ3n) is 12.3. The quantitative estimate of drug-likeness (QED) is 0.215. The molecule has 0 bridgehead atoms. The second kappa shape index (κ2) is 9.19. The molecule has 4 aliphatic carbocycles. The fourth-order valence-electron chi connectivity index (χ4n) is 9.86. The largest absolute Gasteiger partial charge is 0.458 e. The Kier molecular flexibility index (Phi) is 6.61. The van der Waals surface area contributed by atoms with Gasteiger partial charge in [-0.05, 0) is 68.8 Å². The highest BCUT2D eigenvalue weighted by atomic mass is 16.7. The summed E-state index contributed by atoms with van der Waals surface area (Å²) >= 11 is 0. The first-order valence-corrected chi connectivity index (χ1v) is 14.6. The van der Waals surface area contributed by atoms with Gasteiger partial charge in [0.25, 0.3) is 0 Å². The van der Waals surface area contributed by atoms with E-state index in [1.54, 1.807) is 13.0 Å². The monoisotopic (exact) mass is 552 g/mol. The van der Waals surface area contributed by atoms with Crippen molar-refractivity contribution in [3.63, 3.8) is 0 Å². The average molecular weight is 553 g/mol. The lowest BCUT2D eigenvalue weighted by molar-refractivity contribution is -0.329. The van der Waals surface area contributed by atoms with Crippen molar-refractivity contribution in [2.45, 2.75) is 126 Å². The molecule has 0 amide bonds. The van der Waals surface area contributed by atoms with E-state index in [0.717, 1.165) is 24.8 Å². The van der Waals surface area contributed by atoms with E-state index in [1.165, 1.54) is 0 Å². The summed E-state index contributed by atoms with van der Waals surface area (Å²) in [5, 5.41) is 66.8. The fourth-order valence-corrected chi connectivity index (χ4v) is 9.86. The molecule has 1 saturated heterocycles. The maximum Gasteiger partial charge on any atom is 0.331 e. The molecule has 220 valence electrons. The third kappa shape index (κ3) is 3.79. The summed E-state index contributed by atoms with van der Waals surface area (Å²) in [6, 6.07) is 0. The highest BCUT2D eigenvalue weighted by Gasteiger charge is 2.72. The molecule has 0 radical (unpaired) electrons. The lowest BCUT2D eigenvalue weighted by Crippen LogP contribution is -2.71. The van der Waals surface area contributed by atoms with Crippen molar-refractivity contribution >= 4 is 5.97 Å². The molecule has 6 aliphatic rings. The summed E-state index contributed by atoms with van der Waals surface area (Å²) in [4.78, 5) is 11.8.